The van der Waals surface area contributed by atoms with Gasteiger partial charge in [-0.05, 0) is 6.42 Å². The molecule has 0 amide bonds. The number of fused-ring (bicyclic) bond motifs is 1. The van der Waals surface area contributed by atoms with Crippen LogP contribution in [0.3, 0.4) is 0 Å². The number of imidazole rings is 1. The number of hydrogen-bond donors (Lipinski definition) is 0. The maximum absolute atomic E-state index is 4.44. The molecule has 1 aromatic heterocycles. The van der Waals surface area contributed by atoms with Gasteiger partial charge in [-0.15, -0.1) is 0 Å². The molecule has 0 spiro atoms. The van der Waals surface area contributed by atoms with Gasteiger partial charge >= 0.3 is 0 Å². The van der Waals surface area contributed by atoms with Crippen LogP contribution >= 0.6 is 0 Å². The molecule has 76 valence electrons. The minimum absolute atomic E-state index is 0.969. The van der Waals surface area contributed by atoms with Crippen molar-refractivity contribution in [2.75, 3.05) is 7.05 Å². The van der Waals surface area contributed by atoms with Crippen LogP contribution < -0.4 is 0 Å². The van der Waals surface area contributed by atoms with Crippen molar-refractivity contribution in [2.24, 2.45) is 0 Å². The third-order valence-electron chi connectivity index (χ3n) is 2.65. The first-order valence-corrected chi connectivity index (χ1v) is 5.23. The Bertz CT molecular complexity index is 363. The SMILES string of the molecule is CCC1=CN(C)Cc2cnc(CC)n21. The van der Waals surface area contributed by atoms with Crippen molar-refractivity contribution in [1.82, 2.24) is 14.5 Å². The van der Waals surface area contributed by atoms with E-state index in [-0.39, 0.29) is 0 Å². The second kappa shape index (κ2) is 3.48. The number of rotatable bonds is 2. The topological polar surface area (TPSA) is 21.1 Å². The molecule has 3 heteroatoms. The summed E-state index contributed by atoms with van der Waals surface area (Å²) in [5, 5.41) is 0. The predicted molar refractivity (Wildman–Crippen MR) is 57.6 cm³/mol. The lowest BCUT2D eigenvalue weighted by Crippen LogP contribution is -2.21. The van der Waals surface area contributed by atoms with E-state index in [4.69, 9.17) is 0 Å². The van der Waals surface area contributed by atoms with Crippen LogP contribution in [0, 0.1) is 0 Å². The zero-order valence-electron chi connectivity index (χ0n) is 9.12. The Kier molecular flexibility index (Phi) is 2.32. The minimum Gasteiger partial charge on any atom is -0.373 e. The zero-order chi connectivity index (χ0) is 10.1. The average molecular weight is 191 g/mol. The molecular weight excluding hydrogens is 174 g/mol. The van der Waals surface area contributed by atoms with Gasteiger partial charge in [0.15, 0.2) is 0 Å². The standard InChI is InChI=1S/C11H17N3/c1-4-9-7-13(3)8-10-6-12-11(5-2)14(9)10/h6-7H,4-5,8H2,1-3H3. The quantitative estimate of drug-likeness (QED) is 0.713. The molecule has 2 heterocycles. The van der Waals surface area contributed by atoms with Gasteiger partial charge in [0.25, 0.3) is 0 Å². The summed E-state index contributed by atoms with van der Waals surface area (Å²) in [7, 11) is 2.11. The third-order valence-corrected chi connectivity index (χ3v) is 2.65. The van der Waals surface area contributed by atoms with Crippen LogP contribution in [0.5, 0.6) is 0 Å². The smallest absolute Gasteiger partial charge is 0.113 e. The van der Waals surface area contributed by atoms with Crippen molar-refractivity contribution < 1.29 is 0 Å². The first-order valence-electron chi connectivity index (χ1n) is 5.23. The second-order valence-corrected chi connectivity index (χ2v) is 3.74. The Hall–Kier alpha value is -1.25. The molecule has 1 aromatic rings. The van der Waals surface area contributed by atoms with Crippen LogP contribution in [0.25, 0.3) is 5.70 Å². The molecule has 0 fully saturated rings. The minimum atomic E-state index is 0.969. The third kappa shape index (κ3) is 1.33. The molecule has 14 heavy (non-hydrogen) atoms. The van der Waals surface area contributed by atoms with Gasteiger partial charge in [-0.25, -0.2) is 4.98 Å². The van der Waals surface area contributed by atoms with Gasteiger partial charge in [-0.2, -0.15) is 0 Å². The highest BCUT2D eigenvalue weighted by molar-refractivity contribution is 5.49. The van der Waals surface area contributed by atoms with Gasteiger partial charge in [0.05, 0.1) is 18.4 Å². The van der Waals surface area contributed by atoms with E-state index < -0.39 is 0 Å². The molecule has 2 rings (SSSR count). The summed E-state index contributed by atoms with van der Waals surface area (Å²) >= 11 is 0. The number of allylic oxidation sites excluding steroid dienone is 1. The lowest BCUT2D eigenvalue weighted by atomic mass is 10.2. The van der Waals surface area contributed by atoms with Gasteiger partial charge in [-0.1, -0.05) is 13.8 Å². The van der Waals surface area contributed by atoms with Gasteiger partial charge in [0, 0.05) is 25.4 Å². The highest BCUT2D eigenvalue weighted by atomic mass is 15.2. The number of aromatic nitrogens is 2. The maximum Gasteiger partial charge on any atom is 0.113 e. The lowest BCUT2D eigenvalue weighted by Gasteiger charge is -2.25. The van der Waals surface area contributed by atoms with Gasteiger partial charge in [-0.3, -0.25) is 0 Å². The van der Waals surface area contributed by atoms with Crippen LogP contribution in [0.2, 0.25) is 0 Å². The van der Waals surface area contributed by atoms with Crippen molar-refractivity contribution in [1.29, 1.82) is 0 Å². The van der Waals surface area contributed by atoms with Crippen LogP contribution in [0.4, 0.5) is 0 Å². The van der Waals surface area contributed by atoms with Gasteiger partial charge < -0.3 is 9.47 Å². The molecule has 1 aliphatic rings. The lowest BCUT2D eigenvalue weighted by molar-refractivity contribution is 0.424. The zero-order valence-corrected chi connectivity index (χ0v) is 9.12. The van der Waals surface area contributed by atoms with Crippen LogP contribution in [0.1, 0.15) is 31.8 Å². The molecule has 0 saturated carbocycles. The van der Waals surface area contributed by atoms with Crippen molar-refractivity contribution >= 4 is 5.70 Å². The van der Waals surface area contributed by atoms with E-state index >= 15 is 0 Å². The van der Waals surface area contributed by atoms with E-state index in [1.54, 1.807) is 0 Å². The van der Waals surface area contributed by atoms with E-state index in [1.807, 2.05) is 6.20 Å². The molecule has 0 atom stereocenters. The maximum atomic E-state index is 4.44. The molecule has 0 saturated heterocycles. The van der Waals surface area contributed by atoms with Crippen molar-refractivity contribution in [3.8, 4) is 0 Å². The number of aryl methyl sites for hydroxylation is 1. The van der Waals surface area contributed by atoms with E-state index in [9.17, 15) is 0 Å². The molecule has 0 aromatic carbocycles. The first-order chi connectivity index (χ1) is 6.76. The molecule has 0 N–H and O–H groups in total. The normalized spacial score (nSPS) is 15.4. The Morgan fingerprint density at radius 1 is 1.36 bits per heavy atom. The molecule has 0 aliphatic carbocycles. The predicted octanol–water partition coefficient (Wildman–Crippen LogP) is 2.10. The van der Waals surface area contributed by atoms with E-state index in [0.29, 0.717) is 0 Å². The summed E-state index contributed by atoms with van der Waals surface area (Å²) in [5.41, 5.74) is 2.66. The molecule has 0 unspecified atom stereocenters. The average Bonchev–Trinajstić information content (AvgIpc) is 2.59. The fraction of sp³-hybridized carbons (Fsp3) is 0.545. The Morgan fingerprint density at radius 3 is 2.79 bits per heavy atom. The molecular formula is C11H17N3. The Balaban J connectivity index is 2.49. The summed E-state index contributed by atoms with van der Waals surface area (Å²) in [6.45, 7) is 5.31. The summed E-state index contributed by atoms with van der Waals surface area (Å²) < 4.78 is 2.31. The molecule has 0 bridgehead atoms. The molecule has 1 aliphatic heterocycles. The first kappa shape index (κ1) is 9.31. The Morgan fingerprint density at radius 2 is 2.14 bits per heavy atom. The Labute approximate surface area is 85.1 Å². The van der Waals surface area contributed by atoms with Crippen molar-refractivity contribution in [2.45, 2.75) is 33.2 Å². The molecule has 3 nitrogen and oxygen atoms in total. The van der Waals surface area contributed by atoms with Crippen LogP contribution in [-0.2, 0) is 13.0 Å². The van der Waals surface area contributed by atoms with Gasteiger partial charge in [0.1, 0.15) is 5.82 Å². The molecule has 0 radical (unpaired) electrons. The van der Waals surface area contributed by atoms with E-state index in [2.05, 4.69) is 41.5 Å². The largest absolute Gasteiger partial charge is 0.373 e. The van der Waals surface area contributed by atoms with Gasteiger partial charge in [0.2, 0.25) is 0 Å². The highest BCUT2D eigenvalue weighted by Crippen LogP contribution is 2.22. The van der Waals surface area contributed by atoms with Crippen LogP contribution in [-0.4, -0.2) is 21.5 Å². The summed E-state index contributed by atoms with van der Waals surface area (Å²) in [6.07, 6.45) is 6.27. The fourth-order valence-corrected chi connectivity index (χ4v) is 2.00. The summed E-state index contributed by atoms with van der Waals surface area (Å²) in [4.78, 5) is 6.66. The van der Waals surface area contributed by atoms with E-state index in [1.165, 1.54) is 17.2 Å². The monoisotopic (exact) mass is 191 g/mol. The summed E-state index contributed by atoms with van der Waals surface area (Å²) in [5.74, 6) is 1.18. The summed E-state index contributed by atoms with van der Waals surface area (Å²) in [6, 6.07) is 0. The van der Waals surface area contributed by atoms with Crippen molar-refractivity contribution in [3.05, 3.63) is 23.9 Å². The highest BCUT2D eigenvalue weighted by Gasteiger charge is 2.16. The number of nitrogens with zero attached hydrogens (tertiary/aromatic N) is 3. The van der Waals surface area contributed by atoms with E-state index in [0.717, 1.165) is 19.4 Å². The van der Waals surface area contributed by atoms with Crippen molar-refractivity contribution in [3.63, 3.8) is 0 Å². The fourth-order valence-electron chi connectivity index (χ4n) is 2.00. The second-order valence-electron chi connectivity index (χ2n) is 3.74. The van der Waals surface area contributed by atoms with Crippen LogP contribution in [0.15, 0.2) is 12.4 Å². The number of hydrogen-bond acceptors (Lipinski definition) is 2.